The maximum atomic E-state index is 14.1. The van der Waals surface area contributed by atoms with Gasteiger partial charge in [-0.05, 0) is 47.5 Å². The Balaban J connectivity index is 1.51. The van der Waals surface area contributed by atoms with E-state index in [2.05, 4.69) is 34.2 Å². The van der Waals surface area contributed by atoms with Gasteiger partial charge in [-0.2, -0.15) is 0 Å². The van der Waals surface area contributed by atoms with Crippen LogP contribution in [-0.4, -0.2) is 14.5 Å². The van der Waals surface area contributed by atoms with Crippen molar-refractivity contribution >= 4 is 21.8 Å². The van der Waals surface area contributed by atoms with Crippen LogP contribution >= 0.6 is 0 Å². The van der Waals surface area contributed by atoms with Crippen molar-refractivity contribution in [3.05, 3.63) is 115 Å². The van der Waals surface area contributed by atoms with Crippen molar-refractivity contribution in [1.29, 1.82) is 0 Å². The van der Waals surface area contributed by atoms with Crippen LogP contribution in [0.15, 0.2) is 109 Å². The van der Waals surface area contributed by atoms with E-state index in [0.717, 1.165) is 32.9 Å². The van der Waals surface area contributed by atoms with Gasteiger partial charge in [0.05, 0.1) is 11.0 Å². The van der Waals surface area contributed by atoms with E-state index in [1.807, 2.05) is 65.2 Å². The first-order chi connectivity index (χ1) is 16.3. The van der Waals surface area contributed by atoms with E-state index in [-0.39, 0.29) is 5.82 Å². The van der Waals surface area contributed by atoms with E-state index in [9.17, 15) is 4.39 Å². The molecule has 5 heteroatoms. The molecule has 0 amide bonds. The number of ether oxygens (including phenoxy) is 1. The lowest BCUT2D eigenvalue weighted by molar-refractivity contribution is 0.463. The SMILES string of the molecule is Fc1ccnc(-n2c3ccccc3c3ccc(-c4cccc(Oc5ccccn5)c4)cc32)c1. The summed E-state index contributed by atoms with van der Waals surface area (Å²) in [6.07, 6.45) is 3.19. The molecule has 0 radical (unpaired) electrons. The van der Waals surface area contributed by atoms with Crippen molar-refractivity contribution in [3.63, 3.8) is 0 Å². The van der Waals surface area contributed by atoms with Gasteiger partial charge < -0.3 is 4.74 Å². The average molecular weight is 431 g/mol. The molecular weight excluding hydrogens is 413 g/mol. The first-order valence-electron chi connectivity index (χ1n) is 10.6. The zero-order valence-electron chi connectivity index (χ0n) is 17.5. The second-order valence-electron chi connectivity index (χ2n) is 7.71. The summed E-state index contributed by atoms with van der Waals surface area (Å²) in [4.78, 5) is 8.67. The molecule has 0 aliphatic rings. The van der Waals surface area contributed by atoms with Crippen molar-refractivity contribution in [2.75, 3.05) is 0 Å². The summed E-state index contributed by atoms with van der Waals surface area (Å²) in [5.41, 5.74) is 3.97. The molecule has 0 saturated heterocycles. The van der Waals surface area contributed by atoms with E-state index in [1.165, 1.54) is 18.3 Å². The summed E-state index contributed by atoms with van der Waals surface area (Å²) in [6.45, 7) is 0. The average Bonchev–Trinajstić information content (AvgIpc) is 3.18. The highest BCUT2D eigenvalue weighted by Gasteiger charge is 2.14. The molecule has 0 spiro atoms. The van der Waals surface area contributed by atoms with Crippen LogP contribution in [0.2, 0.25) is 0 Å². The van der Waals surface area contributed by atoms with Gasteiger partial charge in [-0.15, -0.1) is 0 Å². The Bertz CT molecular complexity index is 1610. The lowest BCUT2D eigenvalue weighted by Crippen LogP contribution is -1.97. The number of fused-ring (bicyclic) bond motifs is 3. The monoisotopic (exact) mass is 431 g/mol. The van der Waals surface area contributed by atoms with Crippen LogP contribution in [0.3, 0.4) is 0 Å². The van der Waals surface area contributed by atoms with Gasteiger partial charge >= 0.3 is 0 Å². The smallest absolute Gasteiger partial charge is 0.219 e. The van der Waals surface area contributed by atoms with Crippen molar-refractivity contribution in [1.82, 2.24) is 14.5 Å². The molecule has 0 fully saturated rings. The topological polar surface area (TPSA) is 39.9 Å². The van der Waals surface area contributed by atoms with E-state index >= 15 is 0 Å². The summed E-state index contributed by atoms with van der Waals surface area (Å²) in [7, 11) is 0. The maximum absolute atomic E-state index is 14.1. The molecule has 0 saturated carbocycles. The number of aromatic nitrogens is 3. The van der Waals surface area contributed by atoms with E-state index in [4.69, 9.17) is 4.74 Å². The molecule has 3 aromatic heterocycles. The molecular formula is C28H18FN3O. The van der Waals surface area contributed by atoms with Crippen molar-refractivity contribution < 1.29 is 9.13 Å². The van der Waals surface area contributed by atoms with E-state index in [1.54, 1.807) is 6.20 Å². The summed E-state index contributed by atoms with van der Waals surface area (Å²) < 4.78 is 22.0. The van der Waals surface area contributed by atoms with E-state index < -0.39 is 0 Å². The minimum absolute atomic E-state index is 0.318. The molecule has 158 valence electrons. The Morgan fingerprint density at radius 2 is 1.48 bits per heavy atom. The molecule has 0 aliphatic carbocycles. The van der Waals surface area contributed by atoms with Crippen LogP contribution in [0.5, 0.6) is 11.6 Å². The highest BCUT2D eigenvalue weighted by atomic mass is 19.1. The minimum atomic E-state index is -0.318. The number of halogens is 1. The van der Waals surface area contributed by atoms with Gasteiger partial charge in [0.15, 0.2) is 0 Å². The molecule has 4 nitrogen and oxygen atoms in total. The third-order valence-electron chi connectivity index (χ3n) is 5.64. The summed E-state index contributed by atoms with van der Waals surface area (Å²) >= 11 is 0. The largest absolute Gasteiger partial charge is 0.439 e. The van der Waals surface area contributed by atoms with Gasteiger partial charge in [-0.3, -0.25) is 4.57 Å². The number of para-hydroxylation sites is 1. The molecule has 33 heavy (non-hydrogen) atoms. The van der Waals surface area contributed by atoms with Gasteiger partial charge in [0, 0.05) is 35.3 Å². The standard InChI is InChI=1S/C28H18FN3O/c29-21-13-15-30-27(18-21)32-25-9-2-1-8-23(25)24-12-11-20(17-26(24)32)19-6-5-7-22(16-19)33-28-10-3-4-14-31-28/h1-18H. The number of benzene rings is 3. The number of pyridine rings is 2. The third kappa shape index (κ3) is 3.49. The fourth-order valence-electron chi connectivity index (χ4n) is 4.18. The van der Waals surface area contributed by atoms with Crippen LogP contribution in [-0.2, 0) is 0 Å². The van der Waals surface area contributed by atoms with Crippen LogP contribution in [0.25, 0.3) is 38.8 Å². The highest BCUT2D eigenvalue weighted by molar-refractivity contribution is 6.10. The van der Waals surface area contributed by atoms with Crippen molar-refractivity contribution in [2.24, 2.45) is 0 Å². The molecule has 6 rings (SSSR count). The van der Waals surface area contributed by atoms with Crippen LogP contribution in [0, 0.1) is 5.82 Å². The van der Waals surface area contributed by atoms with Crippen LogP contribution in [0.1, 0.15) is 0 Å². The molecule has 0 N–H and O–H groups in total. The van der Waals surface area contributed by atoms with Crippen molar-refractivity contribution in [3.8, 4) is 28.6 Å². The Labute approximate surface area is 189 Å². The van der Waals surface area contributed by atoms with Gasteiger partial charge in [-0.25, -0.2) is 14.4 Å². The fraction of sp³-hybridized carbons (Fsp3) is 0. The Morgan fingerprint density at radius 1 is 0.636 bits per heavy atom. The first-order valence-corrected chi connectivity index (χ1v) is 10.6. The quantitative estimate of drug-likeness (QED) is 0.297. The predicted octanol–water partition coefficient (Wildman–Crippen LogP) is 7.17. The third-order valence-corrected chi connectivity index (χ3v) is 5.64. The summed E-state index contributed by atoms with van der Waals surface area (Å²) in [5.74, 6) is 1.48. The van der Waals surface area contributed by atoms with Gasteiger partial charge in [0.25, 0.3) is 0 Å². The molecule has 6 aromatic rings. The minimum Gasteiger partial charge on any atom is -0.439 e. The zero-order chi connectivity index (χ0) is 22.2. The number of hydrogen-bond acceptors (Lipinski definition) is 3. The molecule has 3 heterocycles. The fourth-order valence-corrected chi connectivity index (χ4v) is 4.18. The van der Waals surface area contributed by atoms with Gasteiger partial charge in [0.1, 0.15) is 17.4 Å². The van der Waals surface area contributed by atoms with Crippen molar-refractivity contribution in [2.45, 2.75) is 0 Å². The Hall–Kier alpha value is -4.51. The zero-order valence-corrected chi connectivity index (χ0v) is 17.5. The first kappa shape index (κ1) is 19.2. The molecule has 0 atom stereocenters. The molecule has 0 aliphatic heterocycles. The molecule has 3 aromatic carbocycles. The second kappa shape index (κ2) is 7.88. The number of nitrogens with zero attached hydrogens (tertiary/aromatic N) is 3. The Morgan fingerprint density at radius 3 is 2.36 bits per heavy atom. The normalized spacial score (nSPS) is 11.2. The second-order valence-corrected chi connectivity index (χ2v) is 7.71. The number of hydrogen-bond donors (Lipinski definition) is 0. The van der Waals surface area contributed by atoms with Gasteiger partial charge in [-0.1, -0.05) is 48.5 Å². The lowest BCUT2D eigenvalue weighted by atomic mass is 10.0. The Kier molecular flexibility index (Phi) is 4.58. The maximum Gasteiger partial charge on any atom is 0.219 e. The number of rotatable bonds is 4. The van der Waals surface area contributed by atoms with Crippen LogP contribution in [0.4, 0.5) is 4.39 Å². The molecule has 0 bridgehead atoms. The van der Waals surface area contributed by atoms with Gasteiger partial charge in [0.2, 0.25) is 5.88 Å². The van der Waals surface area contributed by atoms with Crippen LogP contribution < -0.4 is 4.74 Å². The highest BCUT2D eigenvalue weighted by Crippen LogP contribution is 2.35. The van der Waals surface area contributed by atoms with E-state index in [0.29, 0.717) is 17.4 Å². The predicted molar refractivity (Wildman–Crippen MR) is 128 cm³/mol. The lowest BCUT2D eigenvalue weighted by Gasteiger charge is -2.09. The molecule has 0 unspecified atom stereocenters. The summed E-state index contributed by atoms with van der Waals surface area (Å²) in [6, 6.07) is 30.7. The summed E-state index contributed by atoms with van der Waals surface area (Å²) in [5, 5.41) is 2.18.